The number of aliphatic hydroxyl groups is 1. The second-order valence-electron chi connectivity index (χ2n) is 4.81. The zero-order valence-electron chi connectivity index (χ0n) is 10.9. The molecule has 0 aliphatic heterocycles. The Balaban J connectivity index is 2.92. The van der Waals surface area contributed by atoms with Crippen LogP contribution in [0.25, 0.3) is 0 Å². The fraction of sp³-hybridized carbons (Fsp3) is 0.571. The fourth-order valence-corrected chi connectivity index (χ4v) is 2.46. The number of benzene rings is 1. The highest BCUT2D eigenvalue weighted by Gasteiger charge is 2.20. The lowest BCUT2D eigenvalue weighted by atomic mass is 9.85. The highest BCUT2D eigenvalue weighted by atomic mass is 79.9. The van der Waals surface area contributed by atoms with E-state index in [0.717, 1.165) is 16.6 Å². The molecule has 2 atom stereocenters. The van der Waals surface area contributed by atoms with E-state index < -0.39 is 0 Å². The molecule has 0 amide bonds. The van der Waals surface area contributed by atoms with E-state index in [-0.39, 0.29) is 12.0 Å². The summed E-state index contributed by atoms with van der Waals surface area (Å²) in [6.45, 7) is 6.15. The Morgan fingerprint density at radius 3 is 2.41 bits per heavy atom. The van der Waals surface area contributed by atoms with Gasteiger partial charge in [0.2, 0.25) is 0 Å². The minimum absolute atomic E-state index is 0.262. The number of aliphatic hydroxyl groups excluding tert-OH is 1. The number of halogens is 1. The molecule has 0 saturated carbocycles. The fourth-order valence-electron chi connectivity index (χ4n) is 2.05. The molecule has 0 radical (unpaired) electrons. The van der Waals surface area contributed by atoms with E-state index in [1.54, 1.807) is 7.11 Å². The Kier molecular flexibility index (Phi) is 5.47. The minimum Gasteiger partial charge on any atom is -0.497 e. The molecule has 96 valence electrons. The molecular formula is C14H21BrO2. The largest absolute Gasteiger partial charge is 0.497 e. The molecule has 1 aromatic rings. The number of rotatable bonds is 5. The summed E-state index contributed by atoms with van der Waals surface area (Å²) in [6.07, 6.45) is 0.556. The van der Waals surface area contributed by atoms with Crippen molar-refractivity contribution in [2.24, 2.45) is 11.8 Å². The van der Waals surface area contributed by atoms with Gasteiger partial charge in [-0.2, -0.15) is 0 Å². The van der Waals surface area contributed by atoms with Crippen molar-refractivity contribution in [1.82, 2.24) is 0 Å². The van der Waals surface area contributed by atoms with Gasteiger partial charge in [0.25, 0.3) is 0 Å². The van der Waals surface area contributed by atoms with Crippen LogP contribution in [0.2, 0.25) is 0 Å². The molecule has 1 N–H and O–H groups in total. The summed E-state index contributed by atoms with van der Waals surface area (Å²) in [5.74, 6) is 1.57. The van der Waals surface area contributed by atoms with Crippen molar-refractivity contribution in [3.8, 4) is 5.75 Å². The van der Waals surface area contributed by atoms with Crippen LogP contribution in [0.3, 0.4) is 0 Å². The van der Waals surface area contributed by atoms with Crippen LogP contribution in [-0.2, 0) is 6.42 Å². The molecule has 0 saturated heterocycles. The smallest absolute Gasteiger partial charge is 0.119 e. The summed E-state index contributed by atoms with van der Waals surface area (Å²) >= 11 is 3.55. The van der Waals surface area contributed by atoms with Gasteiger partial charge < -0.3 is 9.84 Å². The molecule has 0 fully saturated rings. The van der Waals surface area contributed by atoms with Gasteiger partial charge in [0.15, 0.2) is 0 Å². The molecule has 0 aliphatic rings. The first-order valence-electron chi connectivity index (χ1n) is 5.96. The van der Waals surface area contributed by atoms with Crippen molar-refractivity contribution in [2.75, 3.05) is 7.11 Å². The van der Waals surface area contributed by atoms with Crippen LogP contribution in [0.15, 0.2) is 22.7 Å². The lowest BCUT2D eigenvalue weighted by molar-refractivity contribution is 0.0975. The van der Waals surface area contributed by atoms with Gasteiger partial charge >= 0.3 is 0 Å². The summed E-state index contributed by atoms with van der Waals surface area (Å²) in [5, 5.41) is 9.81. The van der Waals surface area contributed by atoms with Gasteiger partial charge in [-0.25, -0.2) is 0 Å². The van der Waals surface area contributed by atoms with Gasteiger partial charge in [-0.3, -0.25) is 0 Å². The molecule has 2 nitrogen and oxygen atoms in total. The maximum Gasteiger partial charge on any atom is 0.119 e. The van der Waals surface area contributed by atoms with Gasteiger partial charge in [-0.15, -0.1) is 0 Å². The third kappa shape index (κ3) is 4.00. The van der Waals surface area contributed by atoms with Crippen LogP contribution >= 0.6 is 15.9 Å². The van der Waals surface area contributed by atoms with E-state index in [0.29, 0.717) is 5.92 Å². The molecule has 0 heterocycles. The summed E-state index contributed by atoms with van der Waals surface area (Å²) in [5.41, 5.74) is 1.18. The highest BCUT2D eigenvalue weighted by molar-refractivity contribution is 9.10. The predicted molar refractivity (Wildman–Crippen MR) is 74.4 cm³/mol. The number of ether oxygens (including phenoxy) is 1. The van der Waals surface area contributed by atoms with Crippen molar-refractivity contribution in [1.29, 1.82) is 0 Å². The monoisotopic (exact) mass is 300 g/mol. The molecule has 2 unspecified atom stereocenters. The van der Waals surface area contributed by atoms with Gasteiger partial charge in [0, 0.05) is 4.47 Å². The first-order chi connectivity index (χ1) is 7.95. The molecule has 1 rings (SSSR count). The molecule has 17 heavy (non-hydrogen) atoms. The third-order valence-corrected chi connectivity index (χ3v) is 3.96. The average molecular weight is 301 g/mol. The molecule has 0 bridgehead atoms. The van der Waals surface area contributed by atoms with E-state index in [1.807, 2.05) is 25.1 Å². The van der Waals surface area contributed by atoms with Crippen molar-refractivity contribution in [3.05, 3.63) is 28.2 Å². The Labute approximate surface area is 112 Å². The van der Waals surface area contributed by atoms with Crippen LogP contribution in [0.5, 0.6) is 5.75 Å². The Morgan fingerprint density at radius 2 is 1.94 bits per heavy atom. The molecule has 0 aliphatic carbocycles. The van der Waals surface area contributed by atoms with Crippen LogP contribution in [0.1, 0.15) is 26.3 Å². The molecule has 0 aromatic heterocycles. The maximum absolute atomic E-state index is 9.81. The lowest BCUT2D eigenvalue weighted by Crippen LogP contribution is -2.24. The number of hydrogen-bond acceptors (Lipinski definition) is 2. The Bertz CT molecular complexity index is 353. The van der Waals surface area contributed by atoms with E-state index in [9.17, 15) is 5.11 Å². The summed E-state index contributed by atoms with van der Waals surface area (Å²) in [7, 11) is 1.67. The topological polar surface area (TPSA) is 29.5 Å². The molecule has 3 heteroatoms. The normalized spacial score (nSPS) is 14.8. The van der Waals surface area contributed by atoms with Crippen LogP contribution in [-0.4, -0.2) is 18.3 Å². The molecule has 0 spiro atoms. The zero-order valence-corrected chi connectivity index (χ0v) is 12.5. The second-order valence-corrected chi connectivity index (χ2v) is 5.66. The SMILES string of the molecule is COc1ccc(Br)c(CC(C(C)C)C(C)O)c1. The first-order valence-corrected chi connectivity index (χ1v) is 6.75. The second kappa shape index (κ2) is 6.41. The third-order valence-electron chi connectivity index (χ3n) is 3.18. The van der Waals surface area contributed by atoms with E-state index in [4.69, 9.17) is 4.74 Å². The Morgan fingerprint density at radius 1 is 1.29 bits per heavy atom. The first kappa shape index (κ1) is 14.5. The van der Waals surface area contributed by atoms with Crippen LogP contribution < -0.4 is 4.74 Å². The van der Waals surface area contributed by atoms with Gasteiger partial charge in [0.05, 0.1) is 13.2 Å². The molecule has 1 aromatic carbocycles. The minimum atomic E-state index is -0.298. The highest BCUT2D eigenvalue weighted by Crippen LogP contribution is 2.28. The summed E-state index contributed by atoms with van der Waals surface area (Å²) < 4.78 is 6.30. The van der Waals surface area contributed by atoms with E-state index in [2.05, 4.69) is 29.8 Å². The summed E-state index contributed by atoms with van der Waals surface area (Å²) in [4.78, 5) is 0. The van der Waals surface area contributed by atoms with Crippen molar-refractivity contribution < 1.29 is 9.84 Å². The maximum atomic E-state index is 9.81. The van der Waals surface area contributed by atoms with Crippen LogP contribution in [0, 0.1) is 11.8 Å². The van der Waals surface area contributed by atoms with E-state index in [1.165, 1.54) is 5.56 Å². The van der Waals surface area contributed by atoms with Crippen LogP contribution in [0.4, 0.5) is 0 Å². The van der Waals surface area contributed by atoms with Crippen molar-refractivity contribution in [3.63, 3.8) is 0 Å². The summed E-state index contributed by atoms with van der Waals surface area (Å²) in [6, 6.07) is 5.95. The molecular weight excluding hydrogens is 280 g/mol. The van der Waals surface area contributed by atoms with Gasteiger partial charge in [-0.05, 0) is 48.9 Å². The van der Waals surface area contributed by atoms with E-state index >= 15 is 0 Å². The zero-order chi connectivity index (χ0) is 13.0. The van der Waals surface area contributed by atoms with Crippen molar-refractivity contribution in [2.45, 2.75) is 33.3 Å². The van der Waals surface area contributed by atoms with Gasteiger partial charge in [0.1, 0.15) is 5.75 Å². The average Bonchev–Trinajstić information content (AvgIpc) is 2.27. The van der Waals surface area contributed by atoms with Gasteiger partial charge in [-0.1, -0.05) is 29.8 Å². The number of hydrogen-bond donors (Lipinski definition) is 1. The lowest BCUT2D eigenvalue weighted by Gasteiger charge is -2.24. The number of methoxy groups -OCH3 is 1. The predicted octanol–water partition coefficient (Wildman–Crippen LogP) is 3.65. The Hall–Kier alpha value is -0.540. The quantitative estimate of drug-likeness (QED) is 0.899. The van der Waals surface area contributed by atoms with Crippen molar-refractivity contribution >= 4 is 15.9 Å². The standard InChI is InChI=1S/C14H21BrO2/c1-9(2)13(10(3)16)8-11-7-12(17-4)5-6-14(11)15/h5-7,9-10,13,16H,8H2,1-4H3.